The Morgan fingerprint density at radius 2 is 2.00 bits per heavy atom. The van der Waals surface area contributed by atoms with Crippen LogP contribution in [0.2, 0.25) is 0 Å². The average Bonchev–Trinajstić information content (AvgIpc) is 2.53. The molecule has 0 aromatic carbocycles. The monoisotopic (exact) mass is 306 g/mol. The zero-order chi connectivity index (χ0) is 12.8. The minimum Gasteiger partial charge on any atom is -0.468 e. The summed E-state index contributed by atoms with van der Waals surface area (Å²) >= 11 is 3.31. The van der Waals surface area contributed by atoms with Gasteiger partial charge in [-0.3, -0.25) is 14.5 Å². The van der Waals surface area contributed by atoms with Crippen molar-refractivity contribution in [1.29, 1.82) is 0 Å². The summed E-state index contributed by atoms with van der Waals surface area (Å²) < 4.78 is 4.67. The summed E-state index contributed by atoms with van der Waals surface area (Å²) in [4.78, 5) is 26.3. The Labute approximate surface area is 110 Å². The lowest BCUT2D eigenvalue weighted by Crippen LogP contribution is -2.37. The highest BCUT2D eigenvalue weighted by atomic mass is 79.9. The highest BCUT2D eigenvalue weighted by molar-refractivity contribution is 9.10. The quantitative estimate of drug-likeness (QED) is 0.562. The van der Waals surface area contributed by atoms with Crippen LogP contribution in [0.4, 0.5) is 0 Å². The van der Waals surface area contributed by atoms with Gasteiger partial charge in [0.25, 0.3) is 0 Å². The van der Waals surface area contributed by atoms with Crippen LogP contribution in [0.5, 0.6) is 0 Å². The number of nitrogens with zero attached hydrogens (tertiary/aromatic N) is 2. The molecule has 0 spiro atoms. The second-order valence-electron chi connectivity index (χ2n) is 4.15. The van der Waals surface area contributed by atoms with Crippen molar-refractivity contribution in [2.24, 2.45) is 0 Å². The molecular formula is C11H19BrN2O3. The molecule has 1 amide bonds. The summed E-state index contributed by atoms with van der Waals surface area (Å²) in [5.41, 5.74) is 0. The summed E-state index contributed by atoms with van der Waals surface area (Å²) in [5.74, 6) is -0.132. The molecule has 5 nitrogen and oxygen atoms in total. The summed E-state index contributed by atoms with van der Waals surface area (Å²) in [6.45, 7) is 5.46. The highest BCUT2D eigenvalue weighted by Gasteiger charge is 2.22. The molecule has 0 N–H and O–H groups in total. The van der Waals surface area contributed by atoms with Gasteiger partial charge in [0.15, 0.2) is 0 Å². The number of halogens is 1. The Morgan fingerprint density at radius 1 is 1.29 bits per heavy atom. The molecule has 98 valence electrons. The number of ether oxygens (including phenoxy) is 1. The van der Waals surface area contributed by atoms with Gasteiger partial charge >= 0.3 is 5.97 Å². The molecule has 1 aliphatic heterocycles. The van der Waals surface area contributed by atoms with Crippen LogP contribution in [-0.4, -0.2) is 66.3 Å². The van der Waals surface area contributed by atoms with Gasteiger partial charge in [0.05, 0.1) is 7.11 Å². The van der Waals surface area contributed by atoms with E-state index in [1.165, 1.54) is 7.11 Å². The number of esters is 1. The molecule has 0 saturated carbocycles. The molecule has 1 fully saturated rings. The maximum absolute atomic E-state index is 11.3. The van der Waals surface area contributed by atoms with E-state index in [4.69, 9.17) is 0 Å². The molecule has 0 aromatic heterocycles. The first-order chi connectivity index (χ1) is 8.04. The molecule has 6 heteroatoms. The van der Waals surface area contributed by atoms with Gasteiger partial charge in [0.1, 0.15) is 4.83 Å². The molecule has 0 aromatic rings. The van der Waals surface area contributed by atoms with Crippen molar-refractivity contribution >= 4 is 27.8 Å². The molecule has 1 atom stereocenters. The molecule has 1 aliphatic rings. The van der Waals surface area contributed by atoms with Crippen LogP contribution in [0.1, 0.15) is 13.3 Å². The number of hydrogen-bond donors (Lipinski definition) is 0. The number of methoxy groups -OCH3 is 1. The number of carbonyl (C=O) groups is 2. The van der Waals surface area contributed by atoms with Gasteiger partial charge < -0.3 is 9.64 Å². The first-order valence-corrected chi connectivity index (χ1v) is 6.66. The fourth-order valence-corrected chi connectivity index (χ4v) is 2.49. The lowest BCUT2D eigenvalue weighted by atomic mass is 10.3. The lowest BCUT2D eigenvalue weighted by molar-refractivity contribution is -0.140. The molecule has 0 bridgehead atoms. The predicted molar refractivity (Wildman–Crippen MR) is 68.0 cm³/mol. The topological polar surface area (TPSA) is 49.9 Å². The maximum Gasteiger partial charge on any atom is 0.320 e. The highest BCUT2D eigenvalue weighted by Crippen LogP contribution is 2.09. The molecule has 1 heterocycles. The first kappa shape index (κ1) is 14.4. The summed E-state index contributed by atoms with van der Waals surface area (Å²) in [7, 11) is 1.39. The van der Waals surface area contributed by atoms with Crippen LogP contribution in [0, 0.1) is 0 Å². The molecular weight excluding hydrogens is 288 g/mol. The zero-order valence-corrected chi connectivity index (χ0v) is 11.9. The Bertz CT molecular complexity index is 286. The van der Waals surface area contributed by atoms with Crippen molar-refractivity contribution in [1.82, 2.24) is 9.80 Å². The van der Waals surface area contributed by atoms with E-state index in [-0.39, 0.29) is 16.7 Å². The van der Waals surface area contributed by atoms with Gasteiger partial charge in [0, 0.05) is 33.1 Å². The van der Waals surface area contributed by atoms with Crippen molar-refractivity contribution in [2.75, 3.05) is 39.8 Å². The average molecular weight is 307 g/mol. The van der Waals surface area contributed by atoms with Crippen LogP contribution in [0.15, 0.2) is 0 Å². The summed E-state index contributed by atoms with van der Waals surface area (Å²) in [5, 5.41) is 0. The molecule has 0 radical (unpaired) electrons. The van der Waals surface area contributed by atoms with E-state index in [9.17, 15) is 9.59 Å². The third kappa shape index (κ3) is 4.63. The largest absolute Gasteiger partial charge is 0.468 e. The van der Waals surface area contributed by atoms with Crippen molar-refractivity contribution < 1.29 is 14.3 Å². The van der Waals surface area contributed by atoms with Gasteiger partial charge in [0.2, 0.25) is 5.91 Å². The summed E-state index contributed by atoms with van der Waals surface area (Å²) in [6, 6.07) is 0. The van der Waals surface area contributed by atoms with Crippen molar-refractivity contribution in [3.63, 3.8) is 0 Å². The van der Waals surface area contributed by atoms with Gasteiger partial charge in [-0.2, -0.15) is 0 Å². The van der Waals surface area contributed by atoms with E-state index in [1.807, 2.05) is 4.90 Å². The second kappa shape index (κ2) is 6.96. The smallest absolute Gasteiger partial charge is 0.320 e. The van der Waals surface area contributed by atoms with Crippen LogP contribution in [0.25, 0.3) is 0 Å². The fourth-order valence-electron chi connectivity index (χ4n) is 1.90. The standard InChI is InChI=1S/C11H19BrN2O3/c1-9(15)14-5-3-4-13(6-7-14)8-10(12)11(16)17-2/h10H,3-8H2,1-2H3. The zero-order valence-electron chi connectivity index (χ0n) is 10.3. The van der Waals surface area contributed by atoms with E-state index in [1.54, 1.807) is 6.92 Å². The third-order valence-electron chi connectivity index (χ3n) is 2.91. The Kier molecular flexibility index (Phi) is 5.91. The molecule has 1 saturated heterocycles. The van der Waals surface area contributed by atoms with Crippen molar-refractivity contribution in [3.05, 3.63) is 0 Å². The Hall–Kier alpha value is -0.620. The number of amides is 1. The number of carbonyl (C=O) groups excluding carboxylic acids is 2. The SMILES string of the molecule is COC(=O)C(Br)CN1CCCN(C(C)=O)CC1. The molecule has 17 heavy (non-hydrogen) atoms. The fraction of sp³-hybridized carbons (Fsp3) is 0.818. The van der Waals surface area contributed by atoms with E-state index >= 15 is 0 Å². The van der Waals surface area contributed by atoms with Crippen molar-refractivity contribution in [3.8, 4) is 0 Å². The second-order valence-corrected chi connectivity index (χ2v) is 5.26. The number of alkyl halides is 1. The first-order valence-electron chi connectivity index (χ1n) is 5.74. The van der Waals surface area contributed by atoms with Crippen LogP contribution < -0.4 is 0 Å². The lowest BCUT2D eigenvalue weighted by Gasteiger charge is -2.22. The normalized spacial score (nSPS) is 19.6. The van der Waals surface area contributed by atoms with Gasteiger partial charge in [-0.15, -0.1) is 0 Å². The minimum atomic E-state index is -0.295. The van der Waals surface area contributed by atoms with E-state index in [2.05, 4.69) is 25.6 Å². The van der Waals surface area contributed by atoms with Crippen LogP contribution >= 0.6 is 15.9 Å². The van der Waals surface area contributed by atoms with Gasteiger partial charge in [-0.05, 0) is 13.0 Å². The number of rotatable bonds is 3. The van der Waals surface area contributed by atoms with Crippen LogP contribution in [0.3, 0.4) is 0 Å². The van der Waals surface area contributed by atoms with Crippen LogP contribution in [-0.2, 0) is 14.3 Å². The van der Waals surface area contributed by atoms with E-state index in [0.717, 1.165) is 32.6 Å². The molecule has 0 aliphatic carbocycles. The Morgan fingerprint density at radius 3 is 2.59 bits per heavy atom. The van der Waals surface area contributed by atoms with E-state index < -0.39 is 0 Å². The molecule has 1 rings (SSSR count). The minimum absolute atomic E-state index is 0.121. The predicted octanol–water partition coefficient (Wildman–Crippen LogP) is 0.477. The van der Waals surface area contributed by atoms with Gasteiger partial charge in [-0.25, -0.2) is 0 Å². The third-order valence-corrected chi connectivity index (χ3v) is 3.57. The Balaban J connectivity index is 2.41. The van der Waals surface area contributed by atoms with Crippen molar-refractivity contribution in [2.45, 2.75) is 18.2 Å². The van der Waals surface area contributed by atoms with Gasteiger partial charge in [-0.1, -0.05) is 15.9 Å². The molecule has 1 unspecified atom stereocenters. The number of hydrogen-bond acceptors (Lipinski definition) is 4. The maximum atomic E-state index is 11.3. The van der Waals surface area contributed by atoms with E-state index in [0.29, 0.717) is 6.54 Å². The summed E-state index contributed by atoms with van der Waals surface area (Å²) in [6.07, 6.45) is 0.945.